The Morgan fingerprint density at radius 3 is 2.58 bits per heavy atom. The van der Waals surface area contributed by atoms with Gasteiger partial charge in [-0.3, -0.25) is 5.10 Å². The lowest BCUT2D eigenvalue weighted by Gasteiger charge is -2.29. The van der Waals surface area contributed by atoms with Crippen molar-refractivity contribution in [2.75, 3.05) is 0 Å². The molecule has 31 heavy (non-hydrogen) atoms. The molecule has 0 amide bonds. The van der Waals surface area contributed by atoms with E-state index in [4.69, 9.17) is 16.6 Å². The summed E-state index contributed by atoms with van der Waals surface area (Å²) in [7, 11) is 0. The zero-order valence-corrected chi connectivity index (χ0v) is 17.9. The van der Waals surface area contributed by atoms with Crippen molar-refractivity contribution in [3.05, 3.63) is 82.9 Å². The van der Waals surface area contributed by atoms with Crippen LogP contribution in [0.3, 0.4) is 0 Å². The summed E-state index contributed by atoms with van der Waals surface area (Å²) in [6, 6.07) is 24.9. The number of benzene rings is 3. The molecule has 1 aromatic heterocycles. The van der Waals surface area contributed by atoms with Gasteiger partial charge in [0.25, 0.3) is 0 Å². The molecule has 1 aliphatic heterocycles. The van der Waals surface area contributed by atoms with Crippen LogP contribution >= 0.6 is 11.6 Å². The van der Waals surface area contributed by atoms with Crippen molar-refractivity contribution in [1.82, 2.24) is 10.2 Å². The first-order chi connectivity index (χ1) is 15.2. The van der Waals surface area contributed by atoms with Crippen molar-refractivity contribution < 1.29 is 0 Å². The summed E-state index contributed by atoms with van der Waals surface area (Å²) in [5, 5.41) is 20.9. The lowest BCUT2D eigenvalue weighted by atomic mass is 9.75. The maximum atomic E-state index is 10.2. The molecule has 0 aliphatic carbocycles. The Balaban J connectivity index is 1.75. The highest BCUT2D eigenvalue weighted by atomic mass is 35.5. The molecule has 2 atom stereocenters. The second kappa shape index (κ2) is 8.02. The van der Waals surface area contributed by atoms with E-state index >= 15 is 0 Å². The fourth-order valence-corrected chi connectivity index (χ4v) is 4.78. The number of fused-ring (bicyclic) bond motifs is 2. The number of hydrogen-bond acceptors (Lipinski definition) is 3. The largest absolute Gasteiger partial charge is 0.275 e. The second-order valence-electron chi connectivity index (χ2n) is 7.86. The van der Waals surface area contributed by atoms with Crippen molar-refractivity contribution in [2.24, 2.45) is 10.9 Å². The topological polar surface area (TPSA) is 64.8 Å². The van der Waals surface area contributed by atoms with Gasteiger partial charge >= 0.3 is 0 Å². The van der Waals surface area contributed by atoms with Crippen molar-refractivity contribution in [2.45, 2.75) is 25.7 Å². The first kappa shape index (κ1) is 19.5. The van der Waals surface area contributed by atoms with Gasteiger partial charge in [0.1, 0.15) is 0 Å². The SMILES string of the molecule is CCCC1=Nc2n[nH]c(-c3ccc4ccccc4c3)c2C(c2ccccc2Cl)C1C#N. The highest BCUT2D eigenvalue weighted by molar-refractivity contribution is 6.31. The lowest BCUT2D eigenvalue weighted by Crippen LogP contribution is -2.25. The van der Waals surface area contributed by atoms with Crippen LogP contribution in [0.2, 0.25) is 5.02 Å². The Labute approximate surface area is 186 Å². The van der Waals surface area contributed by atoms with E-state index in [1.54, 1.807) is 0 Å². The number of aromatic amines is 1. The fraction of sp³-hybridized carbons (Fsp3) is 0.192. The predicted octanol–water partition coefficient (Wildman–Crippen LogP) is 7.04. The van der Waals surface area contributed by atoms with E-state index in [1.807, 2.05) is 36.4 Å². The van der Waals surface area contributed by atoms with Gasteiger partial charge in [-0.1, -0.05) is 79.5 Å². The highest BCUT2D eigenvalue weighted by Crippen LogP contribution is 2.48. The number of nitriles is 1. The number of nitrogens with one attached hydrogen (secondary N) is 1. The fourth-order valence-electron chi connectivity index (χ4n) is 4.53. The summed E-state index contributed by atoms with van der Waals surface area (Å²) in [4.78, 5) is 4.81. The molecular weight excluding hydrogens is 404 g/mol. The van der Waals surface area contributed by atoms with Gasteiger partial charge in [0.05, 0.1) is 17.7 Å². The molecule has 2 heterocycles. The average molecular weight is 425 g/mol. The maximum absolute atomic E-state index is 10.2. The van der Waals surface area contributed by atoms with E-state index in [-0.39, 0.29) is 11.8 Å². The van der Waals surface area contributed by atoms with Gasteiger partial charge < -0.3 is 0 Å². The quantitative estimate of drug-likeness (QED) is 0.381. The lowest BCUT2D eigenvalue weighted by molar-refractivity contribution is 0.701. The Morgan fingerprint density at radius 1 is 1.03 bits per heavy atom. The summed E-state index contributed by atoms with van der Waals surface area (Å²) in [5.74, 6) is 0.0418. The third-order valence-corrected chi connectivity index (χ3v) is 6.30. The van der Waals surface area contributed by atoms with Gasteiger partial charge in [0, 0.05) is 27.8 Å². The molecule has 0 bridgehead atoms. The Morgan fingerprint density at radius 2 is 1.81 bits per heavy atom. The predicted molar refractivity (Wildman–Crippen MR) is 126 cm³/mol. The van der Waals surface area contributed by atoms with E-state index in [1.165, 1.54) is 5.39 Å². The average Bonchev–Trinajstić information content (AvgIpc) is 3.22. The molecule has 5 heteroatoms. The van der Waals surface area contributed by atoms with Gasteiger partial charge in [-0.25, -0.2) is 4.99 Å². The van der Waals surface area contributed by atoms with Gasteiger partial charge in [-0.15, -0.1) is 0 Å². The van der Waals surface area contributed by atoms with Gasteiger partial charge in [0.15, 0.2) is 5.82 Å². The summed E-state index contributed by atoms with van der Waals surface area (Å²) in [6.45, 7) is 2.10. The molecule has 4 nitrogen and oxygen atoms in total. The van der Waals surface area contributed by atoms with Crippen LogP contribution in [0.1, 0.15) is 36.8 Å². The Kier molecular flexibility index (Phi) is 5.05. The molecule has 1 N–H and O–H groups in total. The summed E-state index contributed by atoms with van der Waals surface area (Å²) in [5.41, 5.74) is 4.67. The van der Waals surface area contributed by atoms with Crippen LogP contribution in [-0.4, -0.2) is 15.9 Å². The van der Waals surface area contributed by atoms with Crippen LogP contribution in [0, 0.1) is 17.2 Å². The van der Waals surface area contributed by atoms with E-state index in [2.05, 4.69) is 53.5 Å². The number of H-pyrrole nitrogens is 1. The van der Waals surface area contributed by atoms with Crippen LogP contribution in [-0.2, 0) is 0 Å². The minimum absolute atomic E-state index is 0.229. The van der Waals surface area contributed by atoms with Gasteiger partial charge in [0.2, 0.25) is 0 Å². The van der Waals surface area contributed by atoms with Crippen LogP contribution in [0.4, 0.5) is 5.82 Å². The van der Waals surface area contributed by atoms with Crippen LogP contribution in [0.5, 0.6) is 0 Å². The Bertz CT molecular complexity index is 1350. The molecule has 2 unspecified atom stereocenters. The first-order valence-corrected chi connectivity index (χ1v) is 10.9. The Hall–Kier alpha value is -3.42. The zero-order chi connectivity index (χ0) is 21.4. The first-order valence-electron chi connectivity index (χ1n) is 10.5. The highest BCUT2D eigenvalue weighted by Gasteiger charge is 2.38. The molecule has 1 aliphatic rings. The number of rotatable bonds is 4. The number of halogens is 1. The van der Waals surface area contributed by atoms with Crippen LogP contribution in [0.15, 0.2) is 71.7 Å². The van der Waals surface area contributed by atoms with Crippen molar-refractivity contribution in [3.8, 4) is 17.3 Å². The standard InChI is InChI=1S/C26H21ClN4/c1-2-7-22-20(15-28)23(19-10-5-6-11-21(19)27)24-25(30-31-26(24)29-22)18-13-12-16-8-3-4-9-17(16)14-18/h3-6,8-14,20,23H,2,7H2,1H3,(H,30,31). The molecule has 0 fully saturated rings. The summed E-state index contributed by atoms with van der Waals surface area (Å²) >= 11 is 6.63. The van der Waals surface area contributed by atoms with E-state index in [0.717, 1.165) is 46.3 Å². The third kappa shape index (κ3) is 3.32. The van der Waals surface area contributed by atoms with E-state index < -0.39 is 0 Å². The molecule has 4 aromatic rings. The maximum Gasteiger partial charge on any atom is 0.178 e. The molecule has 0 spiro atoms. The second-order valence-corrected chi connectivity index (χ2v) is 8.26. The van der Waals surface area contributed by atoms with E-state index in [9.17, 15) is 5.26 Å². The van der Waals surface area contributed by atoms with Gasteiger partial charge in [-0.2, -0.15) is 10.4 Å². The minimum atomic E-state index is -0.385. The number of hydrogen-bond donors (Lipinski definition) is 1. The zero-order valence-electron chi connectivity index (χ0n) is 17.1. The molecule has 0 saturated carbocycles. The molecule has 0 saturated heterocycles. The number of aromatic nitrogens is 2. The van der Waals surface area contributed by atoms with E-state index in [0.29, 0.717) is 10.8 Å². The van der Waals surface area contributed by atoms with Crippen molar-refractivity contribution >= 4 is 33.9 Å². The third-order valence-electron chi connectivity index (χ3n) is 5.96. The summed E-state index contributed by atoms with van der Waals surface area (Å²) < 4.78 is 0. The number of nitrogens with zero attached hydrogens (tertiary/aromatic N) is 3. The molecule has 152 valence electrons. The molecule has 3 aromatic carbocycles. The molecule has 5 rings (SSSR count). The molecule has 0 radical (unpaired) electrons. The summed E-state index contributed by atoms with van der Waals surface area (Å²) in [6.07, 6.45) is 1.68. The van der Waals surface area contributed by atoms with Gasteiger partial charge in [-0.05, 0) is 34.9 Å². The van der Waals surface area contributed by atoms with Crippen LogP contribution in [0.25, 0.3) is 22.0 Å². The van der Waals surface area contributed by atoms with Crippen molar-refractivity contribution in [3.63, 3.8) is 0 Å². The smallest absolute Gasteiger partial charge is 0.178 e. The minimum Gasteiger partial charge on any atom is -0.275 e. The molecular formula is C26H21ClN4. The normalized spacial score (nSPS) is 17.8. The number of aliphatic imine (C=N–C) groups is 1. The van der Waals surface area contributed by atoms with Crippen molar-refractivity contribution in [1.29, 1.82) is 5.26 Å². The monoisotopic (exact) mass is 424 g/mol. The van der Waals surface area contributed by atoms with Crippen LogP contribution < -0.4 is 0 Å².